The molecule has 2 saturated heterocycles. The maximum absolute atomic E-state index is 13.6. The molecule has 1 amide bonds. The Bertz CT molecular complexity index is 980. The first-order chi connectivity index (χ1) is 15.2. The molecule has 2 aliphatic heterocycles. The number of carbonyl (C=O) groups excluding carboxylic acids is 1. The first kappa shape index (κ1) is 22.8. The zero-order valence-electron chi connectivity index (χ0n) is 18.1. The zero-order valence-corrected chi connectivity index (χ0v) is 18.1. The van der Waals surface area contributed by atoms with Crippen molar-refractivity contribution >= 4 is 5.91 Å². The highest BCUT2D eigenvalue weighted by molar-refractivity contribution is 5.79. The Morgan fingerprint density at radius 1 is 1.12 bits per heavy atom. The van der Waals surface area contributed by atoms with Crippen LogP contribution in [0.5, 0.6) is 0 Å². The molecule has 4 rings (SSSR count). The number of hydrogen-bond acceptors (Lipinski definition) is 2. The van der Waals surface area contributed by atoms with E-state index in [0.29, 0.717) is 13.1 Å². The third-order valence-corrected chi connectivity index (χ3v) is 7.27. The van der Waals surface area contributed by atoms with Gasteiger partial charge in [0.15, 0.2) is 0 Å². The monoisotopic (exact) mass is 448 g/mol. The summed E-state index contributed by atoms with van der Waals surface area (Å²) < 4.78 is 53.5. The van der Waals surface area contributed by atoms with Gasteiger partial charge in [0.1, 0.15) is 5.82 Å². The highest BCUT2D eigenvalue weighted by Gasteiger charge is 2.44. The third kappa shape index (κ3) is 4.53. The van der Waals surface area contributed by atoms with Crippen molar-refractivity contribution < 1.29 is 22.4 Å². The lowest BCUT2D eigenvalue weighted by molar-refractivity contribution is -0.139. The largest absolute Gasteiger partial charge is 0.416 e. The van der Waals surface area contributed by atoms with Crippen LogP contribution in [0.2, 0.25) is 0 Å². The quantitative estimate of drug-likeness (QED) is 0.664. The predicted octanol–water partition coefficient (Wildman–Crippen LogP) is 5.08. The van der Waals surface area contributed by atoms with Crippen LogP contribution in [-0.4, -0.2) is 37.0 Å². The van der Waals surface area contributed by atoms with Crippen LogP contribution in [0.15, 0.2) is 42.5 Å². The molecule has 2 fully saturated rings. The molecule has 0 radical (unpaired) electrons. The van der Waals surface area contributed by atoms with Gasteiger partial charge in [0.25, 0.3) is 0 Å². The van der Waals surface area contributed by atoms with Gasteiger partial charge in [-0.3, -0.25) is 4.79 Å². The first-order valence-electron chi connectivity index (χ1n) is 11.1. The maximum Gasteiger partial charge on any atom is 0.416 e. The van der Waals surface area contributed by atoms with Crippen LogP contribution in [0.3, 0.4) is 0 Å². The summed E-state index contributed by atoms with van der Waals surface area (Å²) in [5.74, 6) is -0.288. The molecule has 7 heteroatoms. The van der Waals surface area contributed by atoms with E-state index in [0.717, 1.165) is 49.5 Å². The van der Waals surface area contributed by atoms with Gasteiger partial charge in [-0.2, -0.15) is 13.2 Å². The molecule has 3 nitrogen and oxygen atoms in total. The van der Waals surface area contributed by atoms with Crippen molar-refractivity contribution in [3.63, 3.8) is 0 Å². The Morgan fingerprint density at radius 3 is 2.53 bits per heavy atom. The van der Waals surface area contributed by atoms with Gasteiger partial charge in [-0.05, 0) is 73.0 Å². The normalized spacial score (nSPS) is 21.0. The molecule has 32 heavy (non-hydrogen) atoms. The Balaban J connectivity index is 1.48. The molecule has 1 atom stereocenters. The summed E-state index contributed by atoms with van der Waals surface area (Å²) in [6, 6.07) is 10.2. The van der Waals surface area contributed by atoms with Crippen LogP contribution in [0, 0.1) is 18.2 Å². The maximum atomic E-state index is 13.6. The van der Waals surface area contributed by atoms with Gasteiger partial charge in [0.2, 0.25) is 5.91 Å². The minimum absolute atomic E-state index is 0.00843. The number of halogens is 4. The van der Waals surface area contributed by atoms with Gasteiger partial charge in [-0.1, -0.05) is 24.3 Å². The second kappa shape index (κ2) is 8.85. The number of carbonyl (C=O) groups is 1. The van der Waals surface area contributed by atoms with E-state index in [2.05, 4.69) is 5.32 Å². The van der Waals surface area contributed by atoms with Gasteiger partial charge < -0.3 is 10.2 Å². The van der Waals surface area contributed by atoms with Crippen LogP contribution in [0.4, 0.5) is 17.6 Å². The first-order valence-corrected chi connectivity index (χ1v) is 11.1. The van der Waals surface area contributed by atoms with Crippen molar-refractivity contribution in [2.24, 2.45) is 5.41 Å². The molecule has 1 unspecified atom stereocenters. The Hall–Kier alpha value is -2.41. The van der Waals surface area contributed by atoms with Crippen LogP contribution < -0.4 is 5.32 Å². The molecule has 2 aromatic carbocycles. The van der Waals surface area contributed by atoms with E-state index in [1.807, 2.05) is 13.0 Å². The summed E-state index contributed by atoms with van der Waals surface area (Å²) in [4.78, 5) is 14.6. The number of amides is 1. The molecular formula is C25H28F4N2O. The highest BCUT2D eigenvalue weighted by atomic mass is 19.4. The van der Waals surface area contributed by atoms with Crippen molar-refractivity contribution in [1.29, 1.82) is 0 Å². The van der Waals surface area contributed by atoms with Crippen LogP contribution in [0.25, 0.3) is 0 Å². The van der Waals surface area contributed by atoms with Crippen molar-refractivity contribution in [3.05, 3.63) is 70.5 Å². The van der Waals surface area contributed by atoms with E-state index in [4.69, 9.17) is 0 Å². The lowest BCUT2D eigenvalue weighted by atomic mass is 9.62. The minimum Gasteiger partial charge on any atom is -0.342 e. The van der Waals surface area contributed by atoms with Crippen LogP contribution >= 0.6 is 0 Å². The van der Waals surface area contributed by atoms with Crippen LogP contribution in [0.1, 0.15) is 47.4 Å². The smallest absolute Gasteiger partial charge is 0.342 e. The molecule has 1 N–H and O–H groups in total. The number of aryl methyl sites for hydroxylation is 1. The number of alkyl halides is 3. The topological polar surface area (TPSA) is 32.3 Å². The fourth-order valence-electron chi connectivity index (χ4n) is 5.47. The van der Waals surface area contributed by atoms with E-state index in [9.17, 15) is 22.4 Å². The lowest BCUT2D eigenvalue weighted by Crippen LogP contribution is -2.51. The number of piperidine rings is 2. The molecule has 1 spiro atoms. The van der Waals surface area contributed by atoms with Gasteiger partial charge in [0.05, 0.1) is 12.0 Å². The number of likely N-dealkylation sites (tertiary alicyclic amines) is 1. The van der Waals surface area contributed by atoms with E-state index in [1.165, 1.54) is 24.3 Å². The van der Waals surface area contributed by atoms with Gasteiger partial charge in [0, 0.05) is 25.6 Å². The van der Waals surface area contributed by atoms with Crippen molar-refractivity contribution in [2.75, 3.05) is 26.2 Å². The molecule has 2 aromatic rings. The number of hydrogen-bond donors (Lipinski definition) is 1. The summed E-state index contributed by atoms with van der Waals surface area (Å²) in [5.41, 5.74) is 1.35. The SMILES string of the molecule is Cc1cc(F)ccc1C1CNCCC12CCN(C(=O)Cc1ccccc1C(F)(F)F)CC2. The molecule has 2 heterocycles. The van der Waals surface area contributed by atoms with Gasteiger partial charge >= 0.3 is 6.18 Å². The van der Waals surface area contributed by atoms with E-state index < -0.39 is 11.7 Å². The van der Waals surface area contributed by atoms with E-state index in [-0.39, 0.29) is 35.0 Å². The average Bonchev–Trinajstić information content (AvgIpc) is 2.75. The number of benzene rings is 2. The second-order valence-electron chi connectivity index (χ2n) is 9.08. The van der Waals surface area contributed by atoms with Gasteiger partial charge in [-0.15, -0.1) is 0 Å². The lowest BCUT2D eigenvalue weighted by Gasteiger charge is -2.50. The summed E-state index contributed by atoms with van der Waals surface area (Å²) in [6.07, 6.45) is -2.16. The number of nitrogens with zero attached hydrogens (tertiary/aromatic N) is 1. The summed E-state index contributed by atoms with van der Waals surface area (Å²) in [5, 5.41) is 3.45. The van der Waals surface area contributed by atoms with Crippen molar-refractivity contribution in [3.8, 4) is 0 Å². The zero-order chi connectivity index (χ0) is 22.9. The van der Waals surface area contributed by atoms with Crippen LogP contribution in [-0.2, 0) is 17.4 Å². The molecular weight excluding hydrogens is 420 g/mol. The molecule has 0 bridgehead atoms. The fraction of sp³-hybridized carbons (Fsp3) is 0.480. The molecule has 172 valence electrons. The molecule has 0 aromatic heterocycles. The fourth-order valence-corrected chi connectivity index (χ4v) is 5.47. The molecule has 2 aliphatic rings. The average molecular weight is 449 g/mol. The van der Waals surface area contributed by atoms with Crippen molar-refractivity contribution in [2.45, 2.75) is 44.7 Å². The summed E-state index contributed by atoms with van der Waals surface area (Å²) >= 11 is 0. The Kier molecular flexibility index (Phi) is 6.30. The van der Waals surface area contributed by atoms with Gasteiger partial charge in [-0.25, -0.2) is 4.39 Å². The summed E-state index contributed by atoms with van der Waals surface area (Å²) in [6.45, 7) is 4.69. The second-order valence-corrected chi connectivity index (χ2v) is 9.08. The summed E-state index contributed by atoms with van der Waals surface area (Å²) in [7, 11) is 0. The van der Waals surface area contributed by atoms with Crippen molar-refractivity contribution in [1.82, 2.24) is 10.2 Å². The highest BCUT2D eigenvalue weighted by Crippen LogP contribution is 2.49. The minimum atomic E-state index is -4.47. The number of nitrogens with one attached hydrogen (secondary N) is 1. The standard InChI is InChI=1S/C25H28F4N2O/c1-17-14-19(26)6-7-20(17)22-16-30-11-8-24(22)9-12-31(13-10-24)23(32)15-18-4-2-3-5-21(18)25(27,28)29/h2-7,14,22,30H,8-13,15-16H2,1H3. The van der Waals surface area contributed by atoms with E-state index in [1.54, 1.807) is 11.0 Å². The predicted molar refractivity (Wildman–Crippen MR) is 115 cm³/mol. The Morgan fingerprint density at radius 2 is 1.84 bits per heavy atom. The molecule has 0 saturated carbocycles. The third-order valence-electron chi connectivity index (χ3n) is 7.27. The Labute approximate surface area is 185 Å². The molecule has 0 aliphatic carbocycles. The number of rotatable bonds is 3. The van der Waals surface area contributed by atoms with E-state index >= 15 is 0 Å².